The lowest BCUT2D eigenvalue weighted by Crippen LogP contribution is -2.19. The summed E-state index contributed by atoms with van der Waals surface area (Å²) in [6.45, 7) is 3.71. The van der Waals surface area contributed by atoms with E-state index >= 15 is 0 Å². The number of carbonyl (C=O) groups excluding carboxylic acids is 2. The highest BCUT2D eigenvalue weighted by atomic mass is 16.3. The van der Waals surface area contributed by atoms with Crippen LogP contribution in [0.25, 0.3) is 0 Å². The summed E-state index contributed by atoms with van der Waals surface area (Å²) >= 11 is 0. The molecule has 3 aromatic rings. The van der Waals surface area contributed by atoms with Crippen LogP contribution in [0.5, 0.6) is 11.5 Å². The highest BCUT2D eigenvalue weighted by Crippen LogP contribution is 2.25. The molecule has 0 saturated carbocycles. The van der Waals surface area contributed by atoms with Gasteiger partial charge < -0.3 is 15.5 Å². The van der Waals surface area contributed by atoms with Crippen molar-refractivity contribution in [2.24, 2.45) is 5.10 Å². The lowest BCUT2D eigenvalue weighted by molar-refractivity contribution is -0.121. The molecular formula is C25H25N3O4. The summed E-state index contributed by atoms with van der Waals surface area (Å²) in [5, 5.41) is 25.8. The Hall–Kier alpha value is -4.13. The van der Waals surface area contributed by atoms with Crippen LogP contribution in [-0.4, -0.2) is 27.7 Å². The van der Waals surface area contributed by atoms with Gasteiger partial charge in [0.15, 0.2) is 11.5 Å². The number of benzene rings is 3. The van der Waals surface area contributed by atoms with Gasteiger partial charge in [-0.2, -0.15) is 5.10 Å². The molecule has 4 N–H and O–H groups in total. The van der Waals surface area contributed by atoms with E-state index in [9.17, 15) is 19.8 Å². The van der Waals surface area contributed by atoms with Crippen LogP contribution >= 0.6 is 0 Å². The number of phenolic OH excluding ortho intramolecular Hbond substituents is 2. The number of rotatable bonds is 7. The van der Waals surface area contributed by atoms with E-state index in [1.165, 1.54) is 12.1 Å². The third kappa shape index (κ3) is 6.18. The molecule has 0 aliphatic heterocycles. The van der Waals surface area contributed by atoms with Crippen LogP contribution in [-0.2, 0) is 11.2 Å². The van der Waals surface area contributed by atoms with Crippen LogP contribution in [0.15, 0.2) is 71.8 Å². The number of hydrogen-bond donors (Lipinski definition) is 4. The van der Waals surface area contributed by atoms with E-state index < -0.39 is 0 Å². The molecule has 0 fully saturated rings. The van der Waals surface area contributed by atoms with Crippen LogP contribution in [0.1, 0.15) is 40.4 Å². The SMILES string of the molecule is C/C(=N\NC(=O)CCc1ccc(O)c(O)c1)c1ccc(NC(=O)c2cccc(C)c2)cc1. The second-order valence-corrected chi connectivity index (χ2v) is 7.46. The summed E-state index contributed by atoms with van der Waals surface area (Å²) in [4.78, 5) is 24.4. The molecule has 3 aromatic carbocycles. The lowest BCUT2D eigenvalue weighted by Gasteiger charge is -2.08. The topological polar surface area (TPSA) is 111 Å². The van der Waals surface area contributed by atoms with E-state index in [0.29, 0.717) is 23.4 Å². The van der Waals surface area contributed by atoms with Crippen molar-refractivity contribution in [3.8, 4) is 11.5 Å². The number of nitrogens with zero attached hydrogens (tertiary/aromatic N) is 1. The van der Waals surface area contributed by atoms with Gasteiger partial charge in [0, 0.05) is 17.7 Å². The molecule has 32 heavy (non-hydrogen) atoms. The molecule has 7 nitrogen and oxygen atoms in total. The number of carbonyl (C=O) groups is 2. The Morgan fingerprint density at radius 2 is 1.66 bits per heavy atom. The van der Waals surface area contributed by atoms with Gasteiger partial charge in [-0.25, -0.2) is 5.43 Å². The molecule has 0 unspecified atom stereocenters. The highest BCUT2D eigenvalue weighted by molar-refractivity contribution is 6.05. The van der Waals surface area contributed by atoms with E-state index in [1.807, 2.05) is 37.3 Å². The van der Waals surface area contributed by atoms with Gasteiger partial charge in [0.05, 0.1) is 5.71 Å². The maximum atomic E-state index is 12.4. The molecular weight excluding hydrogens is 406 g/mol. The molecule has 2 amide bonds. The molecule has 0 radical (unpaired) electrons. The largest absolute Gasteiger partial charge is 0.504 e. The molecule has 3 rings (SSSR count). The van der Waals surface area contributed by atoms with Crippen LogP contribution in [0.2, 0.25) is 0 Å². The number of hydrazone groups is 1. The summed E-state index contributed by atoms with van der Waals surface area (Å²) in [5.74, 6) is -0.852. The molecule has 7 heteroatoms. The number of amides is 2. The quantitative estimate of drug-likeness (QED) is 0.256. The standard InChI is InChI=1S/C25H25N3O4/c1-16-4-3-5-20(14-16)25(32)26-21-10-8-19(9-11-21)17(2)27-28-24(31)13-7-18-6-12-22(29)23(30)15-18/h3-6,8-12,14-15,29-30H,7,13H2,1-2H3,(H,26,32)(H,28,31)/b27-17+. The zero-order valence-corrected chi connectivity index (χ0v) is 17.9. The Morgan fingerprint density at radius 1 is 0.906 bits per heavy atom. The minimum atomic E-state index is -0.265. The molecule has 0 atom stereocenters. The fourth-order valence-corrected chi connectivity index (χ4v) is 3.03. The van der Waals surface area contributed by atoms with E-state index in [1.54, 1.807) is 31.2 Å². The number of aryl methyl sites for hydroxylation is 2. The molecule has 0 saturated heterocycles. The van der Waals surface area contributed by atoms with Crippen LogP contribution < -0.4 is 10.7 Å². The predicted octanol–water partition coefficient (Wildman–Crippen LogP) is 4.13. The Bertz CT molecular complexity index is 1150. The van der Waals surface area contributed by atoms with Crippen molar-refractivity contribution in [2.45, 2.75) is 26.7 Å². The monoisotopic (exact) mass is 431 g/mol. The van der Waals surface area contributed by atoms with Crippen molar-refractivity contribution in [1.82, 2.24) is 5.43 Å². The maximum Gasteiger partial charge on any atom is 0.255 e. The summed E-state index contributed by atoms with van der Waals surface area (Å²) in [6, 6.07) is 19.0. The normalized spacial score (nSPS) is 11.1. The van der Waals surface area contributed by atoms with E-state index in [0.717, 1.165) is 16.7 Å². The van der Waals surface area contributed by atoms with Gasteiger partial charge in [-0.05, 0) is 67.8 Å². The molecule has 0 heterocycles. The second kappa shape index (κ2) is 10.3. The van der Waals surface area contributed by atoms with Gasteiger partial charge in [-0.1, -0.05) is 35.9 Å². The van der Waals surface area contributed by atoms with Gasteiger partial charge in [-0.15, -0.1) is 0 Å². The highest BCUT2D eigenvalue weighted by Gasteiger charge is 2.08. The molecule has 0 aliphatic carbocycles. The van der Waals surface area contributed by atoms with Gasteiger partial charge in [0.2, 0.25) is 5.91 Å². The van der Waals surface area contributed by atoms with Crippen LogP contribution in [0.3, 0.4) is 0 Å². The molecule has 0 spiro atoms. The first-order valence-electron chi connectivity index (χ1n) is 10.1. The first-order chi connectivity index (χ1) is 15.3. The Morgan fingerprint density at radius 3 is 2.34 bits per heavy atom. The molecule has 0 aromatic heterocycles. The van der Waals surface area contributed by atoms with Crippen molar-refractivity contribution >= 4 is 23.2 Å². The Labute approximate surface area is 186 Å². The summed E-state index contributed by atoms with van der Waals surface area (Å²) < 4.78 is 0. The maximum absolute atomic E-state index is 12.4. The van der Waals surface area contributed by atoms with Gasteiger partial charge >= 0.3 is 0 Å². The number of hydrogen-bond acceptors (Lipinski definition) is 5. The fraction of sp³-hybridized carbons (Fsp3) is 0.160. The number of aromatic hydroxyl groups is 2. The Kier molecular flexibility index (Phi) is 7.23. The smallest absolute Gasteiger partial charge is 0.255 e. The third-order valence-corrected chi connectivity index (χ3v) is 4.87. The zero-order valence-electron chi connectivity index (χ0n) is 17.9. The van der Waals surface area contributed by atoms with E-state index in [2.05, 4.69) is 15.8 Å². The summed E-state index contributed by atoms with van der Waals surface area (Å²) in [6.07, 6.45) is 0.592. The van der Waals surface area contributed by atoms with E-state index in [-0.39, 0.29) is 29.7 Å². The van der Waals surface area contributed by atoms with E-state index in [4.69, 9.17) is 0 Å². The van der Waals surface area contributed by atoms with Gasteiger partial charge in [-0.3, -0.25) is 9.59 Å². The minimum Gasteiger partial charge on any atom is -0.504 e. The average molecular weight is 431 g/mol. The van der Waals surface area contributed by atoms with Gasteiger partial charge in [0.1, 0.15) is 0 Å². The summed E-state index contributed by atoms with van der Waals surface area (Å²) in [7, 11) is 0. The number of anilines is 1. The van der Waals surface area contributed by atoms with Crippen LogP contribution in [0, 0.1) is 6.92 Å². The molecule has 0 bridgehead atoms. The molecule has 0 aliphatic rings. The first-order valence-corrected chi connectivity index (χ1v) is 10.1. The van der Waals surface area contributed by atoms with Crippen molar-refractivity contribution in [2.75, 3.05) is 5.32 Å². The zero-order chi connectivity index (χ0) is 23.1. The van der Waals surface area contributed by atoms with Crippen LogP contribution in [0.4, 0.5) is 5.69 Å². The molecule has 164 valence electrons. The number of nitrogens with one attached hydrogen (secondary N) is 2. The van der Waals surface area contributed by atoms with Crippen molar-refractivity contribution < 1.29 is 19.8 Å². The fourth-order valence-electron chi connectivity index (χ4n) is 3.03. The predicted molar refractivity (Wildman–Crippen MR) is 124 cm³/mol. The second-order valence-electron chi connectivity index (χ2n) is 7.46. The average Bonchev–Trinajstić information content (AvgIpc) is 2.78. The third-order valence-electron chi connectivity index (χ3n) is 4.87. The van der Waals surface area contributed by atoms with Crippen molar-refractivity contribution in [3.05, 3.63) is 89.0 Å². The van der Waals surface area contributed by atoms with Gasteiger partial charge in [0.25, 0.3) is 5.91 Å². The number of phenols is 2. The summed E-state index contributed by atoms with van der Waals surface area (Å²) in [5.41, 5.74) is 6.96. The lowest BCUT2D eigenvalue weighted by atomic mass is 10.1. The van der Waals surface area contributed by atoms with Crippen molar-refractivity contribution in [1.29, 1.82) is 0 Å². The van der Waals surface area contributed by atoms with Crippen molar-refractivity contribution in [3.63, 3.8) is 0 Å². The minimum absolute atomic E-state index is 0.180. The Balaban J connectivity index is 1.52. The first kappa shape index (κ1) is 22.6.